The third-order valence-electron chi connectivity index (χ3n) is 4.67. The van der Waals surface area contributed by atoms with Gasteiger partial charge in [-0.3, -0.25) is 14.6 Å². The van der Waals surface area contributed by atoms with Crippen LogP contribution in [-0.2, 0) is 4.79 Å². The van der Waals surface area contributed by atoms with E-state index in [-0.39, 0.29) is 41.7 Å². The number of benzene rings is 2. The Balaban J connectivity index is 0.00000320. The molecular weight excluding hydrogens is 517 g/mol. The first-order chi connectivity index (χ1) is 14.1. The molecule has 0 saturated heterocycles. The normalized spacial score (nSPS) is 15.3. The maximum absolute atomic E-state index is 12.2. The summed E-state index contributed by atoms with van der Waals surface area (Å²) in [5.41, 5.74) is 2.42. The van der Waals surface area contributed by atoms with E-state index < -0.39 is 0 Å². The number of carbonyl (C=O) groups excluding carboxylic acids is 2. The van der Waals surface area contributed by atoms with E-state index in [1.54, 1.807) is 31.3 Å². The number of carbonyl (C=O) groups is 2. The molecule has 0 aromatic heterocycles. The number of amides is 2. The fraction of sp³-hybridized carbons (Fsp3) is 0.286. The second-order valence-corrected chi connectivity index (χ2v) is 7.06. The summed E-state index contributed by atoms with van der Waals surface area (Å²) in [6, 6.07) is 14.7. The lowest BCUT2D eigenvalue weighted by Crippen LogP contribution is -2.43. The minimum Gasteiger partial charge on any atom is -0.356 e. The molecule has 1 aliphatic heterocycles. The molecule has 0 saturated carbocycles. The van der Waals surface area contributed by atoms with Crippen molar-refractivity contribution in [3.05, 3.63) is 64.7 Å². The largest absolute Gasteiger partial charge is 0.356 e. The summed E-state index contributed by atoms with van der Waals surface area (Å²) in [7, 11) is 1.68. The van der Waals surface area contributed by atoms with E-state index in [2.05, 4.69) is 26.3 Å². The highest BCUT2D eigenvalue weighted by atomic mass is 127. The molecule has 7 nitrogen and oxygen atoms in total. The molecule has 1 aliphatic rings. The van der Waals surface area contributed by atoms with Crippen LogP contribution in [0.4, 0.5) is 5.69 Å². The number of fused-ring (bicyclic) bond motifs is 1. The van der Waals surface area contributed by atoms with Crippen molar-refractivity contribution in [2.45, 2.75) is 12.3 Å². The number of nitrogens with zero attached hydrogens (tertiary/aromatic N) is 1. The number of guanidine groups is 1. The smallest absolute Gasteiger partial charge is 0.252 e. The van der Waals surface area contributed by atoms with Crippen LogP contribution in [0.15, 0.2) is 53.5 Å². The third kappa shape index (κ3) is 6.33. The van der Waals surface area contributed by atoms with Gasteiger partial charge in [0.05, 0.1) is 10.6 Å². The lowest BCUT2D eigenvalue weighted by molar-refractivity contribution is -0.116. The van der Waals surface area contributed by atoms with Crippen molar-refractivity contribution >= 4 is 59.0 Å². The number of rotatable bonds is 6. The van der Waals surface area contributed by atoms with Gasteiger partial charge in [0.25, 0.3) is 5.91 Å². The van der Waals surface area contributed by atoms with Gasteiger partial charge in [-0.25, -0.2) is 0 Å². The van der Waals surface area contributed by atoms with Crippen molar-refractivity contribution in [3.8, 4) is 0 Å². The molecule has 30 heavy (non-hydrogen) atoms. The van der Waals surface area contributed by atoms with Crippen LogP contribution in [0.25, 0.3) is 0 Å². The van der Waals surface area contributed by atoms with Gasteiger partial charge in [-0.1, -0.05) is 41.9 Å². The van der Waals surface area contributed by atoms with Gasteiger partial charge in [-0.15, -0.1) is 24.0 Å². The Morgan fingerprint density at radius 1 is 1.10 bits per heavy atom. The van der Waals surface area contributed by atoms with Crippen molar-refractivity contribution in [2.24, 2.45) is 4.99 Å². The van der Waals surface area contributed by atoms with Crippen molar-refractivity contribution in [3.63, 3.8) is 0 Å². The summed E-state index contributed by atoms with van der Waals surface area (Å²) in [4.78, 5) is 28.3. The zero-order valence-electron chi connectivity index (χ0n) is 16.6. The van der Waals surface area contributed by atoms with E-state index >= 15 is 0 Å². The van der Waals surface area contributed by atoms with E-state index in [4.69, 9.17) is 11.6 Å². The topological polar surface area (TPSA) is 94.6 Å². The fourth-order valence-corrected chi connectivity index (χ4v) is 3.44. The van der Waals surface area contributed by atoms with Gasteiger partial charge in [0.1, 0.15) is 0 Å². The van der Waals surface area contributed by atoms with Gasteiger partial charge in [-0.2, -0.15) is 0 Å². The quantitative estimate of drug-likeness (QED) is 0.196. The van der Waals surface area contributed by atoms with Crippen LogP contribution < -0.4 is 21.3 Å². The molecule has 2 amide bonds. The Morgan fingerprint density at radius 3 is 2.57 bits per heavy atom. The molecule has 1 heterocycles. The molecule has 0 fully saturated rings. The molecule has 0 aliphatic carbocycles. The van der Waals surface area contributed by atoms with E-state index in [1.807, 2.05) is 24.3 Å². The van der Waals surface area contributed by atoms with E-state index in [1.165, 1.54) is 0 Å². The molecule has 9 heteroatoms. The minimum absolute atomic E-state index is 0. The highest BCUT2D eigenvalue weighted by Crippen LogP contribution is 2.31. The summed E-state index contributed by atoms with van der Waals surface area (Å²) in [6.45, 7) is 1.49. The molecule has 4 N–H and O–H groups in total. The van der Waals surface area contributed by atoms with E-state index in [9.17, 15) is 9.59 Å². The Kier molecular flexibility index (Phi) is 9.38. The first-order valence-electron chi connectivity index (χ1n) is 9.44. The Morgan fingerprint density at radius 2 is 1.80 bits per heavy atom. The summed E-state index contributed by atoms with van der Waals surface area (Å²) < 4.78 is 0. The second kappa shape index (κ2) is 11.8. The van der Waals surface area contributed by atoms with Gasteiger partial charge in [0.2, 0.25) is 5.91 Å². The van der Waals surface area contributed by atoms with Crippen molar-refractivity contribution in [1.29, 1.82) is 0 Å². The van der Waals surface area contributed by atoms with Crippen LogP contribution >= 0.6 is 35.6 Å². The first-order valence-corrected chi connectivity index (χ1v) is 9.82. The Hall–Kier alpha value is -2.33. The number of para-hydroxylation sites is 1. The van der Waals surface area contributed by atoms with Gasteiger partial charge in [-0.05, 0) is 23.8 Å². The molecular formula is C21H25ClIN5O2. The zero-order chi connectivity index (χ0) is 20.6. The lowest BCUT2D eigenvalue weighted by Gasteiger charge is -2.26. The number of anilines is 1. The first kappa shape index (κ1) is 23.9. The van der Waals surface area contributed by atoms with Crippen LogP contribution in [0.1, 0.15) is 28.3 Å². The molecule has 3 rings (SSSR count). The molecule has 2 aromatic carbocycles. The number of hydrogen-bond acceptors (Lipinski definition) is 3. The second-order valence-electron chi connectivity index (χ2n) is 6.65. The molecule has 160 valence electrons. The van der Waals surface area contributed by atoms with Crippen molar-refractivity contribution in [2.75, 3.05) is 32.0 Å². The number of aliphatic imine (C=N–C) groups is 1. The maximum atomic E-state index is 12.2. The van der Waals surface area contributed by atoms with Crippen LogP contribution in [0.2, 0.25) is 5.02 Å². The maximum Gasteiger partial charge on any atom is 0.252 e. The number of nitrogens with one attached hydrogen (secondary N) is 4. The lowest BCUT2D eigenvalue weighted by atomic mass is 9.90. The number of hydrogen-bond donors (Lipinski definition) is 4. The summed E-state index contributed by atoms with van der Waals surface area (Å²) in [6.07, 6.45) is 0.425. The Labute approximate surface area is 198 Å². The highest BCUT2D eigenvalue weighted by molar-refractivity contribution is 14.0. The summed E-state index contributed by atoms with van der Waals surface area (Å²) in [5, 5.41) is 12.6. The van der Waals surface area contributed by atoms with E-state index in [0.29, 0.717) is 42.6 Å². The average molecular weight is 542 g/mol. The molecule has 1 atom stereocenters. The monoisotopic (exact) mass is 541 g/mol. The molecule has 2 aromatic rings. The predicted molar refractivity (Wildman–Crippen MR) is 131 cm³/mol. The number of halogens is 2. The third-order valence-corrected chi connectivity index (χ3v) is 5.00. The molecule has 0 spiro atoms. The van der Waals surface area contributed by atoms with Crippen molar-refractivity contribution < 1.29 is 9.59 Å². The SMILES string of the molecule is CN=C(NCCNC(=O)c1ccccc1Cl)NCC1CC(=O)Nc2ccccc21.I. The highest BCUT2D eigenvalue weighted by Gasteiger charge is 2.24. The van der Waals surface area contributed by atoms with Crippen molar-refractivity contribution in [1.82, 2.24) is 16.0 Å². The Bertz CT molecular complexity index is 922. The summed E-state index contributed by atoms with van der Waals surface area (Å²) >= 11 is 6.03. The van der Waals surface area contributed by atoms with E-state index in [0.717, 1.165) is 11.3 Å². The van der Waals surface area contributed by atoms with Gasteiger partial charge >= 0.3 is 0 Å². The van der Waals surface area contributed by atoms with Crippen LogP contribution in [0.3, 0.4) is 0 Å². The molecule has 0 radical (unpaired) electrons. The standard InChI is InChI=1S/C21H24ClN5O2.HI/c1-23-21(25-11-10-24-20(29)16-7-2-4-8-17(16)22)26-13-14-12-19(28)27-18-9-5-3-6-15(14)18;/h2-9,14H,10-13H2,1H3,(H,24,29)(H,27,28)(H2,23,25,26);1H. The van der Waals surface area contributed by atoms with Gasteiger partial charge < -0.3 is 21.3 Å². The molecule has 1 unspecified atom stereocenters. The fourth-order valence-electron chi connectivity index (χ4n) is 3.22. The van der Waals surface area contributed by atoms with Crippen LogP contribution in [0.5, 0.6) is 0 Å². The summed E-state index contributed by atoms with van der Waals surface area (Å²) in [5.74, 6) is 0.477. The minimum atomic E-state index is -0.217. The van der Waals surface area contributed by atoms with Crippen LogP contribution in [-0.4, -0.2) is 44.5 Å². The average Bonchev–Trinajstić information content (AvgIpc) is 2.73. The molecule has 0 bridgehead atoms. The van der Waals surface area contributed by atoms with Gasteiger partial charge in [0, 0.05) is 44.7 Å². The van der Waals surface area contributed by atoms with Gasteiger partial charge in [0.15, 0.2) is 5.96 Å². The zero-order valence-corrected chi connectivity index (χ0v) is 19.7. The predicted octanol–water partition coefficient (Wildman–Crippen LogP) is 2.98. The van der Waals surface area contributed by atoms with Crippen LogP contribution in [0, 0.1) is 0 Å².